The summed E-state index contributed by atoms with van der Waals surface area (Å²) < 4.78 is 0. The highest BCUT2D eigenvalue weighted by Gasteiger charge is 2.32. The SMILES string of the molecule is C=CC1CC1CO. The highest BCUT2D eigenvalue weighted by Crippen LogP contribution is 2.38. The average molecular weight is 98.1 g/mol. The highest BCUT2D eigenvalue weighted by atomic mass is 16.3. The molecule has 1 saturated carbocycles. The van der Waals surface area contributed by atoms with Crippen LogP contribution in [-0.2, 0) is 0 Å². The number of rotatable bonds is 2. The average Bonchev–Trinajstić information content (AvgIpc) is 2.43. The zero-order valence-electron chi connectivity index (χ0n) is 4.30. The normalized spacial score (nSPS) is 37.9. The zero-order chi connectivity index (χ0) is 5.28. The minimum absolute atomic E-state index is 0.344. The Bertz CT molecular complexity index is 78.2. The largest absolute Gasteiger partial charge is 0.396 e. The van der Waals surface area contributed by atoms with Crippen molar-refractivity contribution in [1.82, 2.24) is 0 Å². The Morgan fingerprint density at radius 3 is 2.71 bits per heavy atom. The molecule has 1 nitrogen and oxygen atoms in total. The summed E-state index contributed by atoms with van der Waals surface area (Å²) in [7, 11) is 0. The topological polar surface area (TPSA) is 20.2 Å². The third-order valence-electron chi connectivity index (χ3n) is 1.51. The Balaban J connectivity index is 2.17. The van der Waals surface area contributed by atoms with Crippen molar-refractivity contribution >= 4 is 0 Å². The van der Waals surface area contributed by atoms with Gasteiger partial charge in [0.15, 0.2) is 0 Å². The number of allylic oxidation sites excluding steroid dienone is 1. The monoisotopic (exact) mass is 98.1 g/mol. The molecule has 0 aliphatic heterocycles. The van der Waals surface area contributed by atoms with E-state index in [4.69, 9.17) is 5.11 Å². The van der Waals surface area contributed by atoms with Gasteiger partial charge < -0.3 is 5.11 Å². The Kier molecular flexibility index (Phi) is 1.15. The van der Waals surface area contributed by atoms with E-state index in [2.05, 4.69) is 6.58 Å². The van der Waals surface area contributed by atoms with Crippen molar-refractivity contribution in [2.75, 3.05) is 6.61 Å². The fourth-order valence-corrected chi connectivity index (χ4v) is 0.770. The number of hydrogen-bond acceptors (Lipinski definition) is 1. The lowest BCUT2D eigenvalue weighted by Gasteiger charge is -1.81. The lowest BCUT2D eigenvalue weighted by molar-refractivity contribution is 0.272. The van der Waals surface area contributed by atoms with Crippen LogP contribution in [-0.4, -0.2) is 11.7 Å². The molecule has 0 bridgehead atoms. The summed E-state index contributed by atoms with van der Waals surface area (Å²) in [5, 5.41) is 8.46. The minimum Gasteiger partial charge on any atom is -0.396 e. The number of aliphatic hydroxyl groups excluding tert-OH is 1. The fraction of sp³-hybridized carbons (Fsp3) is 0.667. The maximum atomic E-state index is 8.46. The second kappa shape index (κ2) is 1.66. The number of hydrogen-bond donors (Lipinski definition) is 1. The predicted molar refractivity (Wildman–Crippen MR) is 28.9 cm³/mol. The summed E-state index contributed by atoms with van der Waals surface area (Å²) in [6.07, 6.45) is 3.07. The van der Waals surface area contributed by atoms with E-state index in [-0.39, 0.29) is 0 Å². The van der Waals surface area contributed by atoms with Gasteiger partial charge in [-0.3, -0.25) is 0 Å². The molecule has 1 fully saturated rings. The molecule has 0 aromatic heterocycles. The first-order valence-electron chi connectivity index (χ1n) is 2.62. The van der Waals surface area contributed by atoms with E-state index in [1.165, 1.54) is 0 Å². The second-order valence-corrected chi connectivity index (χ2v) is 2.08. The molecule has 40 valence electrons. The first-order chi connectivity index (χ1) is 3.38. The first kappa shape index (κ1) is 4.85. The Labute approximate surface area is 43.7 Å². The van der Waals surface area contributed by atoms with Gasteiger partial charge in [0, 0.05) is 6.61 Å². The second-order valence-electron chi connectivity index (χ2n) is 2.08. The van der Waals surface area contributed by atoms with Crippen molar-refractivity contribution in [3.8, 4) is 0 Å². The van der Waals surface area contributed by atoms with Crippen molar-refractivity contribution in [3.05, 3.63) is 12.7 Å². The summed E-state index contributed by atoms with van der Waals surface area (Å²) in [4.78, 5) is 0. The summed E-state index contributed by atoms with van der Waals surface area (Å²) >= 11 is 0. The van der Waals surface area contributed by atoms with Gasteiger partial charge in [-0.05, 0) is 18.3 Å². The summed E-state index contributed by atoms with van der Waals surface area (Å²) in [6.45, 7) is 3.95. The molecule has 0 spiro atoms. The van der Waals surface area contributed by atoms with E-state index >= 15 is 0 Å². The smallest absolute Gasteiger partial charge is 0.0465 e. The Morgan fingerprint density at radius 2 is 2.57 bits per heavy atom. The molecule has 7 heavy (non-hydrogen) atoms. The van der Waals surface area contributed by atoms with E-state index in [1.807, 2.05) is 6.08 Å². The van der Waals surface area contributed by atoms with Crippen LogP contribution in [0.15, 0.2) is 12.7 Å². The van der Waals surface area contributed by atoms with Gasteiger partial charge in [-0.25, -0.2) is 0 Å². The van der Waals surface area contributed by atoms with E-state index in [9.17, 15) is 0 Å². The third kappa shape index (κ3) is 0.829. The van der Waals surface area contributed by atoms with Gasteiger partial charge >= 0.3 is 0 Å². The van der Waals surface area contributed by atoms with Gasteiger partial charge in [-0.1, -0.05) is 6.08 Å². The van der Waals surface area contributed by atoms with Crippen LogP contribution in [0.5, 0.6) is 0 Å². The van der Waals surface area contributed by atoms with Crippen LogP contribution in [0.2, 0.25) is 0 Å². The molecule has 0 saturated heterocycles. The van der Waals surface area contributed by atoms with E-state index in [0.717, 1.165) is 6.42 Å². The van der Waals surface area contributed by atoms with Gasteiger partial charge in [0.25, 0.3) is 0 Å². The van der Waals surface area contributed by atoms with Crippen molar-refractivity contribution < 1.29 is 5.11 Å². The zero-order valence-corrected chi connectivity index (χ0v) is 4.30. The standard InChI is InChI=1S/C6H10O/c1-2-5-3-6(5)4-7/h2,5-7H,1,3-4H2. The molecule has 0 amide bonds. The minimum atomic E-state index is 0.344. The van der Waals surface area contributed by atoms with Crippen LogP contribution in [0.25, 0.3) is 0 Å². The molecule has 0 radical (unpaired) electrons. The summed E-state index contributed by atoms with van der Waals surface area (Å²) in [5.41, 5.74) is 0. The molecule has 1 rings (SSSR count). The van der Waals surface area contributed by atoms with Crippen LogP contribution in [0.4, 0.5) is 0 Å². The summed E-state index contributed by atoms with van der Waals surface area (Å²) in [5.74, 6) is 1.18. The van der Waals surface area contributed by atoms with Crippen LogP contribution in [0, 0.1) is 11.8 Å². The van der Waals surface area contributed by atoms with E-state index < -0.39 is 0 Å². The molecule has 1 aliphatic rings. The highest BCUT2D eigenvalue weighted by molar-refractivity contribution is 4.97. The molecule has 1 heteroatoms. The van der Waals surface area contributed by atoms with Gasteiger partial charge in [-0.15, -0.1) is 6.58 Å². The molecule has 0 aromatic rings. The maximum Gasteiger partial charge on any atom is 0.0465 e. The maximum absolute atomic E-state index is 8.46. The molecular formula is C6H10O. The molecule has 0 aromatic carbocycles. The number of aliphatic hydroxyl groups is 1. The third-order valence-corrected chi connectivity index (χ3v) is 1.51. The lowest BCUT2D eigenvalue weighted by atomic mass is 10.3. The van der Waals surface area contributed by atoms with E-state index in [0.29, 0.717) is 18.4 Å². The van der Waals surface area contributed by atoms with Crippen LogP contribution >= 0.6 is 0 Å². The molecule has 2 unspecified atom stereocenters. The first-order valence-corrected chi connectivity index (χ1v) is 2.62. The predicted octanol–water partition coefficient (Wildman–Crippen LogP) is 0.801. The van der Waals surface area contributed by atoms with Crippen molar-refractivity contribution in [1.29, 1.82) is 0 Å². The molecule has 0 heterocycles. The quantitative estimate of drug-likeness (QED) is 0.506. The van der Waals surface area contributed by atoms with Crippen LogP contribution in [0.3, 0.4) is 0 Å². The van der Waals surface area contributed by atoms with Gasteiger partial charge in [0.05, 0.1) is 0 Å². The lowest BCUT2D eigenvalue weighted by Crippen LogP contribution is -1.84. The van der Waals surface area contributed by atoms with Gasteiger partial charge in [0.2, 0.25) is 0 Å². The Hall–Kier alpha value is -0.300. The molecule has 1 aliphatic carbocycles. The van der Waals surface area contributed by atoms with Crippen LogP contribution < -0.4 is 0 Å². The molecule has 2 atom stereocenters. The van der Waals surface area contributed by atoms with Crippen LogP contribution in [0.1, 0.15) is 6.42 Å². The van der Waals surface area contributed by atoms with Gasteiger partial charge in [-0.2, -0.15) is 0 Å². The van der Waals surface area contributed by atoms with Crippen molar-refractivity contribution in [2.45, 2.75) is 6.42 Å². The molecular weight excluding hydrogens is 88.1 g/mol. The Morgan fingerprint density at radius 1 is 1.86 bits per heavy atom. The molecule has 1 N–H and O–H groups in total. The van der Waals surface area contributed by atoms with Gasteiger partial charge in [0.1, 0.15) is 0 Å². The van der Waals surface area contributed by atoms with E-state index in [1.54, 1.807) is 0 Å². The summed E-state index contributed by atoms with van der Waals surface area (Å²) in [6, 6.07) is 0. The van der Waals surface area contributed by atoms with Crippen molar-refractivity contribution in [2.24, 2.45) is 11.8 Å². The fourth-order valence-electron chi connectivity index (χ4n) is 0.770. The van der Waals surface area contributed by atoms with Crippen molar-refractivity contribution in [3.63, 3.8) is 0 Å².